The molecule has 0 unspecified atom stereocenters. The molecule has 128 valence electrons. The van der Waals surface area contributed by atoms with Crippen molar-refractivity contribution < 1.29 is 4.42 Å². The molecular formula is C20H16N4O2. The Bertz CT molecular complexity index is 1290. The normalized spacial score (nSPS) is 11.6. The SMILES string of the molecule is CN(C)c1cc[nH]c2cc3c(=O)n(-c4ccc5occc5c4)cnc3c1-2. The predicted molar refractivity (Wildman–Crippen MR) is 102 cm³/mol. The fourth-order valence-electron chi connectivity index (χ4n) is 3.47. The minimum atomic E-state index is -0.0906. The van der Waals surface area contributed by atoms with E-state index in [4.69, 9.17) is 4.42 Å². The zero-order chi connectivity index (χ0) is 17.8. The number of aromatic amines is 1. The van der Waals surface area contributed by atoms with Crippen LogP contribution in [0, 0.1) is 0 Å². The van der Waals surface area contributed by atoms with Crippen molar-refractivity contribution in [2.24, 2.45) is 0 Å². The van der Waals surface area contributed by atoms with Gasteiger partial charge < -0.3 is 14.3 Å². The third-order valence-corrected chi connectivity index (χ3v) is 4.73. The third kappa shape index (κ3) is 1.99. The molecule has 26 heavy (non-hydrogen) atoms. The van der Waals surface area contributed by atoms with Crippen LogP contribution in [0.15, 0.2) is 64.4 Å². The number of nitrogens with zero attached hydrogens (tertiary/aromatic N) is 3. The summed E-state index contributed by atoms with van der Waals surface area (Å²) in [4.78, 5) is 23.0. The molecule has 1 N–H and O–H groups in total. The molecule has 0 spiro atoms. The molecular weight excluding hydrogens is 328 g/mol. The van der Waals surface area contributed by atoms with E-state index in [9.17, 15) is 4.79 Å². The molecule has 2 aromatic heterocycles. The summed E-state index contributed by atoms with van der Waals surface area (Å²) in [6.07, 6.45) is 5.11. The summed E-state index contributed by atoms with van der Waals surface area (Å²) in [6.45, 7) is 0. The van der Waals surface area contributed by atoms with Crippen molar-refractivity contribution in [1.29, 1.82) is 0 Å². The van der Waals surface area contributed by atoms with Gasteiger partial charge in [0.15, 0.2) is 0 Å². The quantitative estimate of drug-likeness (QED) is 0.531. The zero-order valence-electron chi connectivity index (χ0n) is 14.4. The summed E-state index contributed by atoms with van der Waals surface area (Å²) in [5.41, 5.74) is 5.07. The Morgan fingerprint density at radius 2 is 2.04 bits per heavy atom. The smallest absolute Gasteiger partial charge is 0.265 e. The summed E-state index contributed by atoms with van der Waals surface area (Å²) < 4.78 is 6.95. The number of anilines is 1. The highest BCUT2D eigenvalue weighted by Crippen LogP contribution is 2.36. The highest BCUT2D eigenvalue weighted by Gasteiger charge is 2.20. The Morgan fingerprint density at radius 1 is 1.15 bits per heavy atom. The van der Waals surface area contributed by atoms with Crippen LogP contribution >= 0.6 is 0 Å². The Kier molecular flexibility index (Phi) is 2.97. The molecule has 0 saturated heterocycles. The van der Waals surface area contributed by atoms with Gasteiger partial charge in [-0.1, -0.05) is 0 Å². The standard InChI is InChI=1S/C20H16N4O2/c1-23(2)16-5-7-21-15-10-14-19(18(15)16)22-11-24(20(14)25)13-3-4-17-12(9-13)6-8-26-17/h3-11,21H,1-2H3. The Labute approximate surface area is 148 Å². The summed E-state index contributed by atoms with van der Waals surface area (Å²) in [7, 11) is 3.96. The number of aromatic nitrogens is 3. The number of pyridine rings is 1. The van der Waals surface area contributed by atoms with Crippen molar-refractivity contribution >= 4 is 27.6 Å². The van der Waals surface area contributed by atoms with Crippen LogP contribution in [0.5, 0.6) is 0 Å². The van der Waals surface area contributed by atoms with E-state index in [0.717, 1.165) is 33.6 Å². The molecule has 0 amide bonds. The van der Waals surface area contributed by atoms with E-state index in [1.54, 1.807) is 17.2 Å². The van der Waals surface area contributed by atoms with Gasteiger partial charge in [0.1, 0.15) is 11.9 Å². The van der Waals surface area contributed by atoms with Crippen LogP contribution < -0.4 is 10.5 Å². The minimum Gasteiger partial charge on any atom is -0.464 e. The van der Waals surface area contributed by atoms with Gasteiger partial charge in [-0.2, -0.15) is 0 Å². The molecule has 3 heterocycles. The van der Waals surface area contributed by atoms with Crippen LogP contribution in [0.2, 0.25) is 0 Å². The van der Waals surface area contributed by atoms with Gasteiger partial charge >= 0.3 is 0 Å². The monoisotopic (exact) mass is 344 g/mol. The Hall–Kier alpha value is -3.54. The van der Waals surface area contributed by atoms with E-state index in [1.807, 2.05) is 61.6 Å². The van der Waals surface area contributed by atoms with Crippen molar-refractivity contribution in [3.05, 3.63) is 65.5 Å². The maximum Gasteiger partial charge on any atom is 0.265 e. The first-order chi connectivity index (χ1) is 12.6. The number of rotatable bonds is 2. The molecule has 5 rings (SSSR count). The first-order valence-electron chi connectivity index (χ1n) is 8.30. The third-order valence-electron chi connectivity index (χ3n) is 4.73. The van der Waals surface area contributed by atoms with Crippen molar-refractivity contribution in [2.45, 2.75) is 0 Å². The maximum atomic E-state index is 13.1. The number of furan rings is 1. The molecule has 1 aromatic carbocycles. The van der Waals surface area contributed by atoms with Crippen molar-refractivity contribution in [2.75, 3.05) is 19.0 Å². The lowest BCUT2D eigenvalue weighted by molar-refractivity contribution is 0.616. The maximum absolute atomic E-state index is 13.1. The molecule has 3 aromatic rings. The molecule has 1 aliphatic carbocycles. The second-order valence-electron chi connectivity index (χ2n) is 6.52. The van der Waals surface area contributed by atoms with Crippen LogP contribution in [-0.4, -0.2) is 28.6 Å². The molecule has 0 atom stereocenters. The number of hydrogen-bond acceptors (Lipinski definition) is 4. The highest BCUT2D eigenvalue weighted by molar-refractivity contribution is 6.03. The van der Waals surface area contributed by atoms with E-state index in [-0.39, 0.29) is 5.56 Å². The van der Waals surface area contributed by atoms with E-state index >= 15 is 0 Å². The predicted octanol–water partition coefficient (Wildman–Crippen LogP) is 3.63. The first kappa shape index (κ1) is 14.8. The van der Waals surface area contributed by atoms with E-state index in [0.29, 0.717) is 10.9 Å². The number of hydrogen-bond donors (Lipinski definition) is 1. The number of H-pyrrole nitrogens is 1. The topological polar surface area (TPSA) is 67.1 Å². The summed E-state index contributed by atoms with van der Waals surface area (Å²) in [5.74, 6) is 0. The van der Waals surface area contributed by atoms with E-state index < -0.39 is 0 Å². The summed E-state index contributed by atoms with van der Waals surface area (Å²) in [5, 5.41) is 1.55. The van der Waals surface area contributed by atoms with Crippen molar-refractivity contribution in [3.8, 4) is 16.9 Å². The molecule has 0 bridgehead atoms. The number of benzene rings is 1. The van der Waals surface area contributed by atoms with Crippen LogP contribution in [-0.2, 0) is 0 Å². The molecule has 0 radical (unpaired) electrons. The van der Waals surface area contributed by atoms with Gasteiger partial charge in [-0.25, -0.2) is 4.98 Å². The van der Waals surface area contributed by atoms with Crippen molar-refractivity contribution in [3.63, 3.8) is 0 Å². The first-order valence-corrected chi connectivity index (χ1v) is 8.30. The van der Waals surface area contributed by atoms with E-state index in [1.165, 1.54) is 0 Å². The molecule has 6 nitrogen and oxygen atoms in total. The van der Waals surface area contributed by atoms with Crippen LogP contribution in [0.25, 0.3) is 38.8 Å². The van der Waals surface area contributed by atoms with E-state index in [2.05, 4.69) is 9.97 Å². The molecule has 0 fully saturated rings. The molecule has 2 aliphatic rings. The zero-order valence-corrected chi connectivity index (χ0v) is 14.4. The van der Waals surface area contributed by atoms with Gasteiger partial charge in [0, 0.05) is 36.9 Å². The molecule has 6 heteroatoms. The fraction of sp³-hybridized carbons (Fsp3) is 0.100. The molecule has 1 aliphatic heterocycles. The van der Waals surface area contributed by atoms with Crippen LogP contribution in [0.3, 0.4) is 0 Å². The number of nitrogens with one attached hydrogen (secondary N) is 1. The van der Waals surface area contributed by atoms with Gasteiger partial charge in [-0.15, -0.1) is 0 Å². The van der Waals surface area contributed by atoms with Gasteiger partial charge in [-0.05, 0) is 36.4 Å². The highest BCUT2D eigenvalue weighted by atomic mass is 16.3. The second kappa shape index (κ2) is 5.23. The number of fused-ring (bicyclic) bond motifs is 4. The fourth-order valence-corrected chi connectivity index (χ4v) is 3.47. The van der Waals surface area contributed by atoms with Crippen LogP contribution in [0.4, 0.5) is 5.69 Å². The summed E-state index contributed by atoms with van der Waals surface area (Å²) in [6, 6.07) is 11.4. The Balaban J connectivity index is 1.80. The van der Waals surface area contributed by atoms with Crippen molar-refractivity contribution in [1.82, 2.24) is 14.5 Å². The minimum absolute atomic E-state index is 0.0906. The average molecular weight is 344 g/mol. The lowest BCUT2D eigenvalue weighted by atomic mass is 10.1. The second-order valence-corrected chi connectivity index (χ2v) is 6.52. The van der Waals surface area contributed by atoms with Gasteiger partial charge in [0.2, 0.25) is 0 Å². The van der Waals surface area contributed by atoms with Gasteiger partial charge in [0.25, 0.3) is 5.56 Å². The van der Waals surface area contributed by atoms with Gasteiger partial charge in [0.05, 0.1) is 28.5 Å². The largest absolute Gasteiger partial charge is 0.464 e. The lowest BCUT2D eigenvalue weighted by Gasteiger charge is -2.16. The lowest BCUT2D eigenvalue weighted by Crippen LogP contribution is -2.18. The summed E-state index contributed by atoms with van der Waals surface area (Å²) >= 11 is 0. The molecule has 0 saturated carbocycles. The Morgan fingerprint density at radius 3 is 2.88 bits per heavy atom. The van der Waals surface area contributed by atoms with Crippen LogP contribution in [0.1, 0.15) is 0 Å². The van der Waals surface area contributed by atoms with Gasteiger partial charge in [-0.3, -0.25) is 9.36 Å². The average Bonchev–Trinajstić information content (AvgIpc) is 3.25.